The standard InChI is InChI=1S/C8H15NO2S/c1-9(6-8(10)11)7-2-4-12-5-3-7/h7H,2-6H2,1H3,(H,10,11). The van der Waals surface area contributed by atoms with Crippen molar-refractivity contribution in [2.45, 2.75) is 18.9 Å². The molecule has 1 rings (SSSR count). The predicted octanol–water partition coefficient (Wildman–Crippen LogP) is 0.898. The third-order valence-corrected chi connectivity index (χ3v) is 3.25. The maximum Gasteiger partial charge on any atom is 0.317 e. The van der Waals surface area contributed by atoms with Crippen LogP contribution in [0.4, 0.5) is 0 Å². The lowest BCUT2D eigenvalue weighted by molar-refractivity contribution is -0.138. The zero-order chi connectivity index (χ0) is 8.97. The van der Waals surface area contributed by atoms with E-state index in [1.807, 2.05) is 23.7 Å². The Morgan fingerprint density at radius 1 is 1.58 bits per heavy atom. The Kier molecular flexibility index (Phi) is 3.88. The molecule has 0 atom stereocenters. The summed E-state index contributed by atoms with van der Waals surface area (Å²) in [6.07, 6.45) is 2.27. The summed E-state index contributed by atoms with van der Waals surface area (Å²) in [5.41, 5.74) is 0. The van der Waals surface area contributed by atoms with Crippen molar-refractivity contribution >= 4 is 17.7 Å². The van der Waals surface area contributed by atoms with Crippen molar-refractivity contribution in [2.75, 3.05) is 25.1 Å². The van der Waals surface area contributed by atoms with Crippen LogP contribution in [0.15, 0.2) is 0 Å². The fourth-order valence-corrected chi connectivity index (χ4v) is 2.55. The van der Waals surface area contributed by atoms with E-state index in [-0.39, 0.29) is 6.54 Å². The molecule has 0 radical (unpaired) electrons. The zero-order valence-electron chi connectivity index (χ0n) is 7.32. The first-order valence-corrected chi connectivity index (χ1v) is 5.35. The third-order valence-electron chi connectivity index (χ3n) is 2.20. The van der Waals surface area contributed by atoms with E-state index < -0.39 is 5.97 Å². The van der Waals surface area contributed by atoms with Gasteiger partial charge in [0.2, 0.25) is 0 Å². The van der Waals surface area contributed by atoms with E-state index in [0.29, 0.717) is 6.04 Å². The first-order valence-electron chi connectivity index (χ1n) is 4.20. The van der Waals surface area contributed by atoms with Crippen LogP contribution in [0.5, 0.6) is 0 Å². The van der Waals surface area contributed by atoms with Gasteiger partial charge in [0, 0.05) is 6.04 Å². The minimum atomic E-state index is -0.726. The van der Waals surface area contributed by atoms with Gasteiger partial charge in [-0.05, 0) is 31.4 Å². The third kappa shape index (κ3) is 3.03. The molecule has 0 saturated carbocycles. The highest BCUT2D eigenvalue weighted by atomic mass is 32.2. The lowest BCUT2D eigenvalue weighted by Crippen LogP contribution is -2.38. The highest BCUT2D eigenvalue weighted by molar-refractivity contribution is 7.99. The molecule has 1 aliphatic heterocycles. The summed E-state index contributed by atoms with van der Waals surface area (Å²) in [6.45, 7) is 0.176. The van der Waals surface area contributed by atoms with Crippen molar-refractivity contribution in [2.24, 2.45) is 0 Å². The largest absolute Gasteiger partial charge is 0.480 e. The molecule has 12 heavy (non-hydrogen) atoms. The first-order chi connectivity index (χ1) is 5.70. The van der Waals surface area contributed by atoms with E-state index in [0.717, 1.165) is 12.8 Å². The molecule has 1 N–H and O–H groups in total. The normalized spacial score (nSPS) is 19.8. The van der Waals surface area contributed by atoms with Gasteiger partial charge in [0.25, 0.3) is 0 Å². The van der Waals surface area contributed by atoms with E-state index in [1.165, 1.54) is 11.5 Å². The van der Waals surface area contributed by atoms with Gasteiger partial charge >= 0.3 is 5.97 Å². The molecule has 3 nitrogen and oxygen atoms in total. The second-order valence-corrected chi connectivity index (χ2v) is 4.38. The van der Waals surface area contributed by atoms with Gasteiger partial charge in [0.05, 0.1) is 6.54 Å². The molecule has 1 aliphatic rings. The number of hydrogen-bond acceptors (Lipinski definition) is 3. The van der Waals surface area contributed by atoms with E-state index in [9.17, 15) is 4.79 Å². The topological polar surface area (TPSA) is 40.5 Å². The van der Waals surface area contributed by atoms with Crippen molar-refractivity contribution in [3.63, 3.8) is 0 Å². The molecule has 0 spiro atoms. The Bertz CT molecular complexity index is 157. The molecule has 0 aromatic heterocycles. The van der Waals surface area contributed by atoms with E-state index in [4.69, 9.17) is 5.11 Å². The van der Waals surface area contributed by atoms with Crippen LogP contribution in [-0.4, -0.2) is 47.1 Å². The Hall–Kier alpha value is -0.220. The van der Waals surface area contributed by atoms with Crippen LogP contribution >= 0.6 is 11.8 Å². The second-order valence-electron chi connectivity index (χ2n) is 3.15. The van der Waals surface area contributed by atoms with Crippen molar-refractivity contribution in [1.29, 1.82) is 0 Å². The van der Waals surface area contributed by atoms with Gasteiger partial charge in [-0.3, -0.25) is 9.69 Å². The summed E-state index contributed by atoms with van der Waals surface area (Å²) in [6, 6.07) is 0.488. The van der Waals surface area contributed by atoms with Crippen molar-refractivity contribution in [1.82, 2.24) is 4.90 Å². The van der Waals surface area contributed by atoms with Crippen LogP contribution in [-0.2, 0) is 4.79 Å². The number of likely N-dealkylation sites (N-methyl/N-ethyl adjacent to an activating group) is 1. The maximum absolute atomic E-state index is 10.4. The molecule has 0 amide bonds. The molecule has 0 bridgehead atoms. The van der Waals surface area contributed by atoms with Crippen LogP contribution < -0.4 is 0 Å². The monoisotopic (exact) mass is 189 g/mol. The van der Waals surface area contributed by atoms with Crippen LogP contribution in [0, 0.1) is 0 Å². The summed E-state index contributed by atoms with van der Waals surface area (Å²) >= 11 is 1.96. The van der Waals surface area contributed by atoms with Crippen LogP contribution in [0.3, 0.4) is 0 Å². The maximum atomic E-state index is 10.4. The Labute approximate surface area is 77.1 Å². The van der Waals surface area contributed by atoms with E-state index >= 15 is 0 Å². The smallest absolute Gasteiger partial charge is 0.317 e. The summed E-state index contributed by atoms with van der Waals surface area (Å²) < 4.78 is 0. The molecule has 0 aromatic carbocycles. The Morgan fingerprint density at radius 3 is 2.67 bits per heavy atom. The highest BCUT2D eigenvalue weighted by Crippen LogP contribution is 2.20. The zero-order valence-corrected chi connectivity index (χ0v) is 8.14. The van der Waals surface area contributed by atoms with Gasteiger partial charge in [-0.2, -0.15) is 11.8 Å². The average Bonchev–Trinajstić information content (AvgIpc) is 2.05. The molecular formula is C8H15NO2S. The number of nitrogens with zero attached hydrogens (tertiary/aromatic N) is 1. The number of hydrogen-bond donors (Lipinski definition) is 1. The lowest BCUT2D eigenvalue weighted by atomic mass is 10.1. The molecule has 1 saturated heterocycles. The van der Waals surface area contributed by atoms with E-state index in [2.05, 4.69) is 0 Å². The molecule has 1 heterocycles. The number of carbonyl (C=O) groups is 1. The first kappa shape index (κ1) is 9.86. The van der Waals surface area contributed by atoms with Gasteiger partial charge in [0.1, 0.15) is 0 Å². The van der Waals surface area contributed by atoms with Crippen LogP contribution in [0.2, 0.25) is 0 Å². The molecule has 70 valence electrons. The minimum absolute atomic E-state index is 0.176. The van der Waals surface area contributed by atoms with Gasteiger partial charge in [-0.25, -0.2) is 0 Å². The molecule has 0 unspecified atom stereocenters. The quantitative estimate of drug-likeness (QED) is 0.716. The summed E-state index contributed by atoms with van der Waals surface area (Å²) in [5.74, 6) is 1.62. The summed E-state index contributed by atoms with van der Waals surface area (Å²) in [4.78, 5) is 12.4. The average molecular weight is 189 g/mol. The van der Waals surface area contributed by atoms with Crippen molar-refractivity contribution < 1.29 is 9.90 Å². The minimum Gasteiger partial charge on any atom is -0.480 e. The number of carboxylic acid groups (broad SMARTS) is 1. The fourth-order valence-electron chi connectivity index (χ4n) is 1.47. The van der Waals surface area contributed by atoms with Gasteiger partial charge in [-0.1, -0.05) is 0 Å². The van der Waals surface area contributed by atoms with Crippen LogP contribution in [0.25, 0.3) is 0 Å². The molecule has 0 aromatic rings. The fraction of sp³-hybridized carbons (Fsp3) is 0.875. The van der Waals surface area contributed by atoms with Crippen molar-refractivity contribution in [3.8, 4) is 0 Å². The number of aliphatic carboxylic acids is 1. The van der Waals surface area contributed by atoms with Gasteiger partial charge < -0.3 is 5.11 Å². The highest BCUT2D eigenvalue weighted by Gasteiger charge is 2.19. The van der Waals surface area contributed by atoms with Gasteiger partial charge in [-0.15, -0.1) is 0 Å². The van der Waals surface area contributed by atoms with Crippen LogP contribution in [0.1, 0.15) is 12.8 Å². The van der Waals surface area contributed by atoms with E-state index in [1.54, 1.807) is 0 Å². The number of carboxylic acids is 1. The summed E-state index contributed by atoms with van der Waals surface area (Å²) in [7, 11) is 1.90. The number of rotatable bonds is 3. The number of thioether (sulfide) groups is 1. The van der Waals surface area contributed by atoms with Crippen molar-refractivity contribution in [3.05, 3.63) is 0 Å². The molecular weight excluding hydrogens is 174 g/mol. The predicted molar refractivity (Wildman–Crippen MR) is 50.6 cm³/mol. The lowest BCUT2D eigenvalue weighted by Gasteiger charge is -2.29. The SMILES string of the molecule is CN(CC(=O)O)C1CCSCC1. The summed E-state index contributed by atoms with van der Waals surface area (Å²) in [5, 5.41) is 8.57. The Morgan fingerprint density at radius 2 is 2.17 bits per heavy atom. The second kappa shape index (κ2) is 4.72. The van der Waals surface area contributed by atoms with Gasteiger partial charge in [0.15, 0.2) is 0 Å². The molecule has 1 fully saturated rings. The molecule has 4 heteroatoms. The Balaban J connectivity index is 2.29. The molecule has 0 aliphatic carbocycles.